The Morgan fingerprint density at radius 1 is 1.25 bits per heavy atom. The van der Waals surface area contributed by atoms with Gasteiger partial charge in [-0.3, -0.25) is 0 Å². The molecule has 0 aliphatic heterocycles. The number of esters is 1. The van der Waals surface area contributed by atoms with Crippen molar-refractivity contribution in [3.05, 3.63) is 36.1 Å². The Balaban J connectivity index is 2.49. The highest BCUT2D eigenvalue weighted by atomic mass is 32.2. The summed E-state index contributed by atoms with van der Waals surface area (Å²) < 4.78 is 73.1. The van der Waals surface area contributed by atoms with Gasteiger partial charge in [0.05, 0.1) is 6.61 Å². The lowest BCUT2D eigenvalue weighted by molar-refractivity contribution is -0.0502. The minimum absolute atomic E-state index is 0.119. The van der Waals surface area contributed by atoms with Gasteiger partial charge < -0.3 is 13.3 Å². The predicted molar refractivity (Wildman–Crippen MR) is 73.5 cm³/mol. The van der Waals surface area contributed by atoms with E-state index in [1.165, 1.54) is 19.1 Å². The summed E-state index contributed by atoms with van der Waals surface area (Å²) in [4.78, 5) is 15.2. The van der Waals surface area contributed by atoms with Crippen LogP contribution in [0.2, 0.25) is 0 Å². The smallest absolute Gasteiger partial charge is 0.460 e. The fourth-order valence-electron chi connectivity index (χ4n) is 1.54. The summed E-state index contributed by atoms with van der Waals surface area (Å²) in [5, 5.41) is 0. The highest BCUT2D eigenvalue weighted by molar-refractivity contribution is 7.87. The van der Waals surface area contributed by atoms with E-state index < -0.39 is 33.2 Å². The summed E-state index contributed by atoms with van der Waals surface area (Å²) >= 11 is 0. The van der Waals surface area contributed by atoms with E-state index in [4.69, 9.17) is 4.42 Å². The summed E-state index contributed by atoms with van der Waals surface area (Å²) in [6, 6.07) is 7.79. The molecule has 130 valence electrons. The highest BCUT2D eigenvalue weighted by Gasteiger charge is 2.50. The first-order valence-corrected chi connectivity index (χ1v) is 7.80. The molecule has 0 fully saturated rings. The molecule has 0 saturated carbocycles. The molecule has 0 N–H and O–H groups in total. The van der Waals surface area contributed by atoms with Crippen molar-refractivity contribution < 1.29 is 39.7 Å². The van der Waals surface area contributed by atoms with Crippen LogP contribution in [0.15, 0.2) is 34.7 Å². The van der Waals surface area contributed by atoms with Gasteiger partial charge in [0, 0.05) is 5.56 Å². The van der Waals surface area contributed by atoms with Crippen LogP contribution in [0.5, 0.6) is 5.88 Å². The number of ether oxygens (including phenoxy) is 1. The van der Waals surface area contributed by atoms with Gasteiger partial charge in [-0.15, -0.1) is 0 Å². The molecule has 1 aromatic heterocycles. The van der Waals surface area contributed by atoms with E-state index in [1.807, 2.05) is 0 Å². The van der Waals surface area contributed by atoms with Gasteiger partial charge in [0.25, 0.3) is 11.6 Å². The van der Waals surface area contributed by atoms with E-state index in [0.717, 1.165) is 0 Å². The van der Waals surface area contributed by atoms with Crippen molar-refractivity contribution in [2.75, 3.05) is 6.61 Å². The Kier molecular flexibility index (Phi) is 4.83. The first kappa shape index (κ1) is 17.8. The Morgan fingerprint density at radius 3 is 2.42 bits per heavy atom. The number of oxazole rings is 1. The lowest BCUT2D eigenvalue weighted by Gasteiger charge is -2.07. The molecule has 7 nitrogen and oxygen atoms in total. The topological polar surface area (TPSA) is 95.7 Å². The molecule has 0 aliphatic carbocycles. The first-order valence-electron chi connectivity index (χ1n) is 6.40. The Bertz CT molecular complexity index is 829. The normalized spacial score (nSPS) is 12.0. The molecular weight excluding hydrogens is 355 g/mol. The van der Waals surface area contributed by atoms with E-state index in [2.05, 4.69) is 13.9 Å². The van der Waals surface area contributed by atoms with Gasteiger partial charge in [0.15, 0.2) is 0 Å². The summed E-state index contributed by atoms with van der Waals surface area (Å²) in [6.07, 6.45) is 0. The molecule has 0 bridgehead atoms. The molecule has 0 unspecified atom stereocenters. The summed E-state index contributed by atoms with van der Waals surface area (Å²) in [5.74, 6) is -3.54. The zero-order valence-electron chi connectivity index (χ0n) is 12.0. The van der Waals surface area contributed by atoms with Crippen molar-refractivity contribution in [2.45, 2.75) is 12.4 Å². The zero-order valence-corrected chi connectivity index (χ0v) is 12.8. The maximum atomic E-state index is 12.4. The van der Waals surface area contributed by atoms with Crippen molar-refractivity contribution in [1.82, 2.24) is 4.98 Å². The number of rotatable bonds is 5. The molecule has 24 heavy (non-hydrogen) atoms. The van der Waals surface area contributed by atoms with Crippen molar-refractivity contribution >= 4 is 16.1 Å². The van der Waals surface area contributed by atoms with Gasteiger partial charge in [0.2, 0.25) is 5.89 Å². The van der Waals surface area contributed by atoms with E-state index in [1.54, 1.807) is 18.2 Å². The number of halogens is 3. The van der Waals surface area contributed by atoms with Crippen LogP contribution < -0.4 is 4.18 Å². The van der Waals surface area contributed by atoms with Gasteiger partial charge in [-0.05, 0) is 19.1 Å². The fourth-order valence-corrected chi connectivity index (χ4v) is 1.96. The van der Waals surface area contributed by atoms with Gasteiger partial charge in [0.1, 0.15) is 0 Å². The third kappa shape index (κ3) is 3.67. The van der Waals surface area contributed by atoms with Crippen molar-refractivity contribution in [2.24, 2.45) is 0 Å². The molecule has 1 aromatic carbocycles. The molecule has 2 aromatic rings. The second kappa shape index (κ2) is 6.51. The average molecular weight is 365 g/mol. The molecule has 0 atom stereocenters. The van der Waals surface area contributed by atoms with Gasteiger partial charge in [-0.25, -0.2) is 4.79 Å². The van der Waals surface area contributed by atoms with Crippen molar-refractivity contribution in [3.63, 3.8) is 0 Å². The van der Waals surface area contributed by atoms with Crippen molar-refractivity contribution in [3.8, 4) is 17.3 Å². The van der Waals surface area contributed by atoms with E-state index in [-0.39, 0.29) is 12.5 Å². The molecule has 11 heteroatoms. The second-order valence-electron chi connectivity index (χ2n) is 4.22. The first-order chi connectivity index (χ1) is 11.2. The third-order valence-electron chi connectivity index (χ3n) is 2.55. The van der Waals surface area contributed by atoms with Gasteiger partial charge in [-0.1, -0.05) is 18.2 Å². The summed E-state index contributed by atoms with van der Waals surface area (Å²) in [5.41, 5.74) is -5.40. The van der Waals surface area contributed by atoms with Crippen LogP contribution in [0.3, 0.4) is 0 Å². The largest absolute Gasteiger partial charge is 0.534 e. The number of alkyl halides is 3. The summed E-state index contributed by atoms with van der Waals surface area (Å²) in [6.45, 7) is 1.32. The maximum absolute atomic E-state index is 12.4. The third-order valence-corrected chi connectivity index (χ3v) is 3.49. The van der Waals surface area contributed by atoms with E-state index >= 15 is 0 Å². The SMILES string of the molecule is CCOC(=O)c1oc(-c2ccccc2)nc1OS(=O)(=O)C(F)(F)F. The number of carbonyl (C=O) groups is 1. The summed E-state index contributed by atoms with van der Waals surface area (Å²) in [7, 11) is -6.02. The minimum Gasteiger partial charge on any atom is -0.460 e. The Hall–Kier alpha value is -2.56. The van der Waals surface area contributed by atoms with Gasteiger partial charge >= 0.3 is 21.6 Å². The quantitative estimate of drug-likeness (QED) is 0.457. The fraction of sp³-hybridized carbons (Fsp3) is 0.231. The number of carbonyl (C=O) groups excluding carboxylic acids is 1. The minimum atomic E-state index is -6.02. The van der Waals surface area contributed by atoms with Crippen LogP contribution in [-0.2, 0) is 14.9 Å². The van der Waals surface area contributed by atoms with Crippen LogP contribution in [-0.4, -0.2) is 31.5 Å². The maximum Gasteiger partial charge on any atom is 0.534 e. The lowest BCUT2D eigenvalue weighted by atomic mass is 10.2. The van der Waals surface area contributed by atoms with E-state index in [9.17, 15) is 26.4 Å². The molecule has 1 heterocycles. The predicted octanol–water partition coefficient (Wildman–Crippen LogP) is 2.75. The van der Waals surface area contributed by atoms with Crippen LogP contribution in [0, 0.1) is 0 Å². The molecule has 0 aliphatic rings. The second-order valence-corrected chi connectivity index (χ2v) is 5.76. The van der Waals surface area contributed by atoms with Gasteiger partial charge in [-0.2, -0.15) is 26.6 Å². The van der Waals surface area contributed by atoms with Crippen LogP contribution in [0.1, 0.15) is 17.5 Å². The molecule has 0 amide bonds. The number of benzene rings is 1. The molecule has 0 saturated heterocycles. The number of nitrogens with zero attached hydrogens (tertiary/aromatic N) is 1. The molecule has 2 rings (SSSR count). The highest BCUT2D eigenvalue weighted by Crippen LogP contribution is 2.32. The van der Waals surface area contributed by atoms with E-state index in [0.29, 0.717) is 5.56 Å². The lowest BCUT2D eigenvalue weighted by Crippen LogP contribution is -2.28. The standard InChI is InChI=1S/C13H10F3NO6S/c1-2-21-12(18)9-11(23-24(19,20)13(14,15)16)17-10(22-9)8-6-4-3-5-7-8/h3-7H,2H2,1H3. The monoisotopic (exact) mass is 365 g/mol. The zero-order chi connectivity index (χ0) is 18.0. The number of aromatic nitrogens is 1. The molecule has 0 radical (unpaired) electrons. The Morgan fingerprint density at radius 2 is 1.88 bits per heavy atom. The van der Waals surface area contributed by atoms with Crippen LogP contribution in [0.4, 0.5) is 13.2 Å². The molecule has 0 spiro atoms. The van der Waals surface area contributed by atoms with Crippen LogP contribution in [0.25, 0.3) is 11.5 Å². The van der Waals surface area contributed by atoms with Crippen molar-refractivity contribution in [1.29, 1.82) is 0 Å². The average Bonchev–Trinajstić information content (AvgIpc) is 2.90. The number of hydrogen-bond donors (Lipinski definition) is 0. The number of hydrogen-bond acceptors (Lipinski definition) is 7. The van der Waals surface area contributed by atoms with Crippen LogP contribution >= 0.6 is 0 Å². The Labute approximate surface area is 134 Å². The molecular formula is C13H10F3NO6S.